The fourth-order valence-electron chi connectivity index (χ4n) is 9.41. The molecule has 9 aromatic carbocycles. The Hall–Kier alpha value is -6.74. The molecule has 0 saturated carbocycles. The Labute approximate surface area is 350 Å². The smallest absolute Gasteiger partial charge is 0.0640 e. The van der Waals surface area contributed by atoms with Crippen molar-refractivity contribution < 1.29 is 0 Å². The van der Waals surface area contributed by atoms with Gasteiger partial charge in [0.2, 0.25) is 0 Å². The molecule has 1 aromatic heterocycles. The first kappa shape index (κ1) is 35.4. The summed E-state index contributed by atoms with van der Waals surface area (Å²) in [5.41, 5.74) is 18.0. The standard InChI is InChI=1S/C57H43NS/c1-57(2,3)53-21-11-9-16-45(53)38-24-26-39(27-25-38)50-36-52-44-33-30-40(34-41(44)35-51(52)47-18-8-7-17-46(47)50)37-28-31-43(32-29-37)58(42-14-5-4-6-15-42)54-22-13-20-49-48-19-10-12-23-55(48)59-56(49)54/h4-34,36H,35H2,1-3H3. The van der Waals surface area contributed by atoms with Crippen LogP contribution in [0.2, 0.25) is 0 Å². The lowest BCUT2D eigenvalue weighted by atomic mass is 9.81. The SMILES string of the molecule is CC(C)(C)c1ccccc1-c1ccc(-c2cc3c(c4ccccc24)Cc2cc(-c4ccc(N(c5ccccc5)c5cccc6c5sc5ccccc56)cc4)ccc2-3)cc1. The van der Waals surface area contributed by atoms with Gasteiger partial charge in [0.1, 0.15) is 0 Å². The first-order chi connectivity index (χ1) is 28.9. The topological polar surface area (TPSA) is 3.24 Å². The zero-order valence-electron chi connectivity index (χ0n) is 33.5. The summed E-state index contributed by atoms with van der Waals surface area (Å²) in [6.07, 6.45) is 0.931. The predicted molar refractivity (Wildman–Crippen MR) is 255 cm³/mol. The van der Waals surface area contributed by atoms with Crippen molar-refractivity contribution in [2.75, 3.05) is 4.90 Å². The Morgan fingerprint density at radius 3 is 1.81 bits per heavy atom. The highest BCUT2D eigenvalue weighted by Gasteiger charge is 2.24. The monoisotopic (exact) mass is 773 g/mol. The summed E-state index contributed by atoms with van der Waals surface area (Å²) in [7, 11) is 0. The molecule has 0 fully saturated rings. The normalized spacial score (nSPS) is 12.3. The third-order valence-electron chi connectivity index (χ3n) is 12.3. The van der Waals surface area contributed by atoms with E-state index >= 15 is 0 Å². The molecule has 11 rings (SSSR count). The van der Waals surface area contributed by atoms with Crippen LogP contribution in [0.1, 0.15) is 37.5 Å². The number of fused-ring (bicyclic) bond motifs is 8. The zero-order chi connectivity index (χ0) is 39.7. The third kappa shape index (κ3) is 6.06. The lowest BCUT2D eigenvalue weighted by Gasteiger charge is -2.26. The minimum atomic E-state index is 0.0711. The molecule has 282 valence electrons. The summed E-state index contributed by atoms with van der Waals surface area (Å²) in [5, 5.41) is 5.27. The maximum absolute atomic E-state index is 2.45. The second kappa shape index (κ2) is 14.0. The molecule has 0 saturated heterocycles. The Morgan fingerprint density at radius 2 is 1.03 bits per heavy atom. The minimum Gasteiger partial charge on any atom is -0.309 e. The highest BCUT2D eigenvalue weighted by Crippen LogP contribution is 2.47. The lowest BCUT2D eigenvalue weighted by molar-refractivity contribution is 0.592. The highest BCUT2D eigenvalue weighted by atomic mass is 32.1. The molecular weight excluding hydrogens is 731 g/mol. The Kier molecular flexibility index (Phi) is 8.39. The molecule has 10 aromatic rings. The van der Waals surface area contributed by atoms with Crippen LogP contribution in [0.5, 0.6) is 0 Å². The van der Waals surface area contributed by atoms with Gasteiger partial charge in [-0.25, -0.2) is 0 Å². The van der Waals surface area contributed by atoms with Crippen LogP contribution < -0.4 is 4.90 Å². The predicted octanol–water partition coefficient (Wildman–Crippen LogP) is 16.5. The molecule has 0 atom stereocenters. The van der Waals surface area contributed by atoms with Gasteiger partial charge in [0, 0.05) is 26.8 Å². The van der Waals surface area contributed by atoms with Crippen molar-refractivity contribution in [3.63, 3.8) is 0 Å². The molecule has 0 bridgehead atoms. The molecule has 1 aliphatic rings. The molecule has 0 spiro atoms. The lowest BCUT2D eigenvalue weighted by Crippen LogP contribution is -2.12. The van der Waals surface area contributed by atoms with Gasteiger partial charge in [-0.3, -0.25) is 0 Å². The van der Waals surface area contributed by atoms with E-state index in [0.717, 1.165) is 17.8 Å². The number of hydrogen-bond acceptors (Lipinski definition) is 2. The summed E-state index contributed by atoms with van der Waals surface area (Å²) in [6.45, 7) is 6.88. The van der Waals surface area contributed by atoms with Crippen molar-refractivity contribution >= 4 is 59.3 Å². The number of benzene rings is 9. The van der Waals surface area contributed by atoms with Crippen LogP contribution in [0.3, 0.4) is 0 Å². The largest absolute Gasteiger partial charge is 0.309 e. The van der Waals surface area contributed by atoms with Gasteiger partial charge in [0.25, 0.3) is 0 Å². The average Bonchev–Trinajstić information content (AvgIpc) is 3.85. The average molecular weight is 774 g/mol. The van der Waals surface area contributed by atoms with Gasteiger partial charge >= 0.3 is 0 Å². The summed E-state index contributed by atoms with van der Waals surface area (Å²) >= 11 is 1.87. The number of anilines is 3. The summed E-state index contributed by atoms with van der Waals surface area (Å²) in [5.74, 6) is 0. The van der Waals surface area contributed by atoms with E-state index in [0.29, 0.717) is 0 Å². The van der Waals surface area contributed by atoms with Gasteiger partial charge in [-0.05, 0) is 126 Å². The fraction of sp³-hybridized carbons (Fsp3) is 0.0877. The van der Waals surface area contributed by atoms with E-state index in [2.05, 4.69) is 220 Å². The minimum absolute atomic E-state index is 0.0711. The Bertz CT molecular complexity index is 3200. The van der Waals surface area contributed by atoms with Crippen LogP contribution in [0.25, 0.3) is 75.5 Å². The second-order valence-corrected chi connectivity index (χ2v) is 17.9. The van der Waals surface area contributed by atoms with E-state index in [1.807, 2.05) is 11.3 Å². The Balaban J connectivity index is 0.943. The summed E-state index contributed by atoms with van der Waals surface area (Å²) in [6, 6.07) is 71.9. The van der Waals surface area contributed by atoms with E-state index in [-0.39, 0.29) is 5.41 Å². The quantitative estimate of drug-likeness (QED) is 0.163. The van der Waals surface area contributed by atoms with E-state index in [1.165, 1.54) is 97.8 Å². The highest BCUT2D eigenvalue weighted by molar-refractivity contribution is 7.26. The molecule has 2 heteroatoms. The van der Waals surface area contributed by atoms with Crippen LogP contribution in [0, 0.1) is 0 Å². The molecule has 59 heavy (non-hydrogen) atoms. The molecule has 0 amide bonds. The van der Waals surface area contributed by atoms with Gasteiger partial charge in [0.15, 0.2) is 0 Å². The molecule has 1 heterocycles. The molecular formula is C57H43NS. The first-order valence-electron chi connectivity index (χ1n) is 20.6. The van der Waals surface area contributed by atoms with Gasteiger partial charge in [0.05, 0.1) is 10.4 Å². The molecule has 0 N–H and O–H groups in total. The maximum Gasteiger partial charge on any atom is 0.0640 e. The second-order valence-electron chi connectivity index (χ2n) is 16.9. The molecule has 0 radical (unpaired) electrons. The van der Waals surface area contributed by atoms with Gasteiger partial charge in [-0.2, -0.15) is 0 Å². The molecule has 0 aliphatic heterocycles. The van der Waals surface area contributed by atoms with E-state index < -0.39 is 0 Å². The van der Waals surface area contributed by atoms with Gasteiger partial charge in [-0.1, -0.05) is 172 Å². The van der Waals surface area contributed by atoms with Crippen molar-refractivity contribution in [3.05, 3.63) is 211 Å². The first-order valence-corrected chi connectivity index (χ1v) is 21.4. The van der Waals surface area contributed by atoms with Gasteiger partial charge in [-0.15, -0.1) is 11.3 Å². The molecule has 1 nitrogen and oxygen atoms in total. The number of thiophene rings is 1. The summed E-state index contributed by atoms with van der Waals surface area (Å²) < 4.78 is 2.61. The van der Waals surface area contributed by atoms with Crippen molar-refractivity contribution in [1.29, 1.82) is 0 Å². The van der Waals surface area contributed by atoms with Crippen molar-refractivity contribution in [2.45, 2.75) is 32.6 Å². The molecule has 1 aliphatic carbocycles. The van der Waals surface area contributed by atoms with E-state index in [4.69, 9.17) is 0 Å². The van der Waals surface area contributed by atoms with Crippen molar-refractivity contribution in [3.8, 4) is 44.5 Å². The maximum atomic E-state index is 2.45. The number of para-hydroxylation sites is 1. The van der Waals surface area contributed by atoms with Crippen molar-refractivity contribution in [2.24, 2.45) is 0 Å². The van der Waals surface area contributed by atoms with Crippen LogP contribution >= 0.6 is 11.3 Å². The fourth-order valence-corrected chi connectivity index (χ4v) is 10.6. The van der Waals surface area contributed by atoms with Crippen LogP contribution in [-0.4, -0.2) is 0 Å². The number of nitrogens with zero attached hydrogens (tertiary/aromatic N) is 1. The van der Waals surface area contributed by atoms with E-state index in [9.17, 15) is 0 Å². The third-order valence-corrected chi connectivity index (χ3v) is 13.5. The number of rotatable bonds is 6. The zero-order valence-corrected chi connectivity index (χ0v) is 34.4. The van der Waals surface area contributed by atoms with E-state index in [1.54, 1.807) is 0 Å². The van der Waals surface area contributed by atoms with Crippen LogP contribution in [0.15, 0.2) is 194 Å². The van der Waals surface area contributed by atoms with Crippen LogP contribution in [-0.2, 0) is 11.8 Å². The molecule has 0 unspecified atom stereocenters. The number of hydrogen-bond donors (Lipinski definition) is 0. The summed E-state index contributed by atoms with van der Waals surface area (Å²) in [4.78, 5) is 2.40. The Morgan fingerprint density at radius 1 is 0.424 bits per heavy atom. The van der Waals surface area contributed by atoms with Gasteiger partial charge < -0.3 is 4.90 Å². The van der Waals surface area contributed by atoms with Crippen LogP contribution in [0.4, 0.5) is 17.1 Å². The van der Waals surface area contributed by atoms with Crippen molar-refractivity contribution in [1.82, 2.24) is 0 Å².